The molecule has 0 unspecified atom stereocenters. The molecule has 1 aromatic rings. The summed E-state index contributed by atoms with van der Waals surface area (Å²) in [6, 6.07) is 2.48. The van der Waals surface area contributed by atoms with E-state index in [0.29, 0.717) is 6.04 Å². The van der Waals surface area contributed by atoms with Crippen LogP contribution < -0.4 is 4.90 Å². The monoisotopic (exact) mass is 304 g/mol. The van der Waals surface area contributed by atoms with E-state index in [4.69, 9.17) is 9.47 Å². The summed E-state index contributed by atoms with van der Waals surface area (Å²) >= 11 is 0. The minimum atomic E-state index is -0.0204. The molecule has 0 saturated carbocycles. The van der Waals surface area contributed by atoms with Crippen molar-refractivity contribution in [1.82, 2.24) is 14.9 Å². The first-order valence-corrected chi connectivity index (χ1v) is 8.32. The molecule has 0 amide bonds. The predicted molar refractivity (Wildman–Crippen MR) is 83.0 cm³/mol. The molecule has 6 nitrogen and oxygen atoms in total. The van der Waals surface area contributed by atoms with Crippen molar-refractivity contribution < 1.29 is 9.47 Å². The SMILES string of the molecule is c1cnc(N2CCOC3(CCN([C@H]4CCOC4)CC3)C2)nc1. The maximum atomic E-state index is 6.21. The topological polar surface area (TPSA) is 50.7 Å². The van der Waals surface area contributed by atoms with Gasteiger partial charge in [-0.25, -0.2) is 9.97 Å². The second-order valence-corrected chi connectivity index (χ2v) is 6.56. The van der Waals surface area contributed by atoms with Crippen LogP contribution in [0.25, 0.3) is 0 Å². The molecule has 0 aromatic carbocycles. The minimum absolute atomic E-state index is 0.0204. The quantitative estimate of drug-likeness (QED) is 0.810. The zero-order valence-corrected chi connectivity index (χ0v) is 13.0. The molecule has 3 aliphatic heterocycles. The number of hydrogen-bond acceptors (Lipinski definition) is 6. The Labute approximate surface area is 131 Å². The van der Waals surface area contributed by atoms with E-state index >= 15 is 0 Å². The number of ether oxygens (including phenoxy) is 2. The number of aromatic nitrogens is 2. The molecule has 1 atom stereocenters. The van der Waals surface area contributed by atoms with Gasteiger partial charge in [0.25, 0.3) is 0 Å². The first kappa shape index (κ1) is 14.4. The maximum absolute atomic E-state index is 6.21. The number of hydrogen-bond donors (Lipinski definition) is 0. The van der Waals surface area contributed by atoms with Crippen molar-refractivity contribution >= 4 is 5.95 Å². The third-order valence-electron chi connectivity index (χ3n) is 5.21. The third-order valence-corrected chi connectivity index (χ3v) is 5.21. The highest BCUT2D eigenvalue weighted by Crippen LogP contribution is 2.32. The van der Waals surface area contributed by atoms with Gasteiger partial charge in [0.2, 0.25) is 5.95 Å². The molecule has 3 saturated heterocycles. The zero-order chi connectivity index (χ0) is 14.8. The van der Waals surface area contributed by atoms with E-state index in [0.717, 1.165) is 64.8 Å². The summed E-state index contributed by atoms with van der Waals surface area (Å²) in [5, 5.41) is 0. The lowest BCUT2D eigenvalue weighted by atomic mass is 9.88. The van der Waals surface area contributed by atoms with Gasteiger partial charge in [-0.3, -0.25) is 4.90 Å². The molecule has 4 heterocycles. The first-order chi connectivity index (χ1) is 10.8. The van der Waals surface area contributed by atoms with E-state index in [1.165, 1.54) is 6.42 Å². The Morgan fingerprint density at radius 3 is 2.64 bits per heavy atom. The lowest BCUT2D eigenvalue weighted by molar-refractivity contribution is -0.0962. The smallest absolute Gasteiger partial charge is 0.225 e. The van der Waals surface area contributed by atoms with Crippen molar-refractivity contribution in [2.75, 3.05) is 50.9 Å². The number of anilines is 1. The fourth-order valence-corrected chi connectivity index (χ4v) is 3.88. The Morgan fingerprint density at radius 1 is 1.09 bits per heavy atom. The summed E-state index contributed by atoms with van der Waals surface area (Å²) in [5.41, 5.74) is -0.0204. The van der Waals surface area contributed by atoms with E-state index < -0.39 is 0 Å². The number of nitrogens with zero attached hydrogens (tertiary/aromatic N) is 4. The first-order valence-electron chi connectivity index (χ1n) is 8.32. The summed E-state index contributed by atoms with van der Waals surface area (Å²) < 4.78 is 11.7. The van der Waals surface area contributed by atoms with Crippen LogP contribution in [0.3, 0.4) is 0 Å². The second-order valence-electron chi connectivity index (χ2n) is 6.56. The van der Waals surface area contributed by atoms with Crippen LogP contribution in [0, 0.1) is 0 Å². The van der Waals surface area contributed by atoms with Gasteiger partial charge in [-0.05, 0) is 25.3 Å². The molecule has 0 bridgehead atoms. The van der Waals surface area contributed by atoms with Crippen molar-refractivity contribution in [3.8, 4) is 0 Å². The average molecular weight is 304 g/mol. The third kappa shape index (κ3) is 2.83. The lowest BCUT2D eigenvalue weighted by Gasteiger charge is -2.48. The van der Waals surface area contributed by atoms with E-state index in [1.54, 1.807) is 0 Å². The van der Waals surface area contributed by atoms with Crippen molar-refractivity contribution in [2.45, 2.75) is 30.9 Å². The van der Waals surface area contributed by atoms with E-state index in [1.807, 2.05) is 18.5 Å². The van der Waals surface area contributed by atoms with Crippen molar-refractivity contribution in [3.63, 3.8) is 0 Å². The van der Waals surface area contributed by atoms with Crippen LogP contribution in [-0.2, 0) is 9.47 Å². The molecular formula is C16H24N4O2. The van der Waals surface area contributed by atoms with Crippen molar-refractivity contribution in [2.24, 2.45) is 0 Å². The van der Waals surface area contributed by atoms with Crippen molar-refractivity contribution in [3.05, 3.63) is 18.5 Å². The second kappa shape index (κ2) is 6.10. The molecule has 3 fully saturated rings. The summed E-state index contributed by atoms with van der Waals surface area (Å²) in [6.45, 7) is 6.59. The zero-order valence-electron chi connectivity index (χ0n) is 13.0. The van der Waals surface area contributed by atoms with Gasteiger partial charge in [-0.1, -0.05) is 0 Å². The number of piperidine rings is 1. The molecule has 6 heteroatoms. The Hall–Kier alpha value is -1.24. The largest absolute Gasteiger partial charge is 0.380 e. The number of morpholine rings is 1. The molecule has 1 spiro atoms. The van der Waals surface area contributed by atoms with Gasteiger partial charge in [0.1, 0.15) is 0 Å². The predicted octanol–water partition coefficient (Wildman–Crippen LogP) is 0.937. The van der Waals surface area contributed by atoms with Crippen LogP contribution in [0.2, 0.25) is 0 Å². The normalized spacial score (nSPS) is 29.1. The molecule has 0 radical (unpaired) electrons. The number of rotatable bonds is 2. The Bertz CT molecular complexity index is 484. The van der Waals surface area contributed by atoms with Crippen LogP contribution in [-0.4, -0.2) is 72.5 Å². The van der Waals surface area contributed by atoms with E-state index in [2.05, 4.69) is 19.8 Å². The van der Waals surface area contributed by atoms with Gasteiger partial charge in [0, 0.05) is 44.7 Å². The Kier molecular flexibility index (Phi) is 3.98. The highest BCUT2D eigenvalue weighted by Gasteiger charge is 2.41. The molecule has 0 N–H and O–H groups in total. The molecule has 22 heavy (non-hydrogen) atoms. The maximum Gasteiger partial charge on any atom is 0.225 e. The van der Waals surface area contributed by atoms with Crippen molar-refractivity contribution in [1.29, 1.82) is 0 Å². The molecule has 1 aromatic heterocycles. The van der Waals surface area contributed by atoms with Gasteiger partial charge >= 0.3 is 0 Å². The van der Waals surface area contributed by atoms with Crippen LogP contribution in [0.4, 0.5) is 5.95 Å². The van der Waals surface area contributed by atoms with Gasteiger partial charge < -0.3 is 14.4 Å². The highest BCUT2D eigenvalue weighted by molar-refractivity contribution is 5.30. The minimum Gasteiger partial charge on any atom is -0.380 e. The van der Waals surface area contributed by atoms with Crippen LogP contribution >= 0.6 is 0 Å². The molecule has 0 aliphatic carbocycles. The van der Waals surface area contributed by atoms with Crippen LogP contribution in [0.5, 0.6) is 0 Å². The Balaban J connectivity index is 1.40. The molecule has 4 rings (SSSR count). The summed E-state index contributed by atoms with van der Waals surface area (Å²) in [5.74, 6) is 0.830. The van der Waals surface area contributed by atoms with Gasteiger partial charge in [-0.15, -0.1) is 0 Å². The summed E-state index contributed by atoms with van der Waals surface area (Å²) in [4.78, 5) is 13.6. The highest BCUT2D eigenvalue weighted by atomic mass is 16.5. The van der Waals surface area contributed by atoms with E-state index in [-0.39, 0.29) is 5.60 Å². The van der Waals surface area contributed by atoms with E-state index in [9.17, 15) is 0 Å². The van der Waals surface area contributed by atoms with Crippen LogP contribution in [0.1, 0.15) is 19.3 Å². The lowest BCUT2D eigenvalue weighted by Crippen LogP contribution is -2.58. The fourth-order valence-electron chi connectivity index (χ4n) is 3.88. The summed E-state index contributed by atoms with van der Waals surface area (Å²) in [7, 11) is 0. The molecule has 120 valence electrons. The van der Waals surface area contributed by atoms with Gasteiger partial charge in [-0.2, -0.15) is 0 Å². The molecule has 3 aliphatic rings. The average Bonchev–Trinajstić information content (AvgIpc) is 3.11. The Morgan fingerprint density at radius 2 is 1.91 bits per heavy atom. The standard InChI is InChI=1S/C16H24N4O2/c1-5-17-15(18-6-1)20-9-11-22-16(13-20)3-7-19(8-4-16)14-2-10-21-12-14/h1,5-6,14H,2-4,7-13H2/t14-/m0/s1. The summed E-state index contributed by atoms with van der Waals surface area (Å²) in [6.07, 6.45) is 6.98. The molecular weight excluding hydrogens is 280 g/mol. The van der Waals surface area contributed by atoms with Crippen LogP contribution in [0.15, 0.2) is 18.5 Å². The van der Waals surface area contributed by atoms with Gasteiger partial charge in [0.15, 0.2) is 0 Å². The fraction of sp³-hybridized carbons (Fsp3) is 0.750. The number of likely N-dealkylation sites (tertiary alicyclic amines) is 1. The van der Waals surface area contributed by atoms with Gasteiger partial charge in [0.05, 0.1) is 25.4 Å².